The fourth-order valence-electron chi connectivity index (χ4n) is 2.16. The Morgan fingerprint density at radius 2 is 2.33 bits per heavy atom. The minimum Gasteiger partial charge on any atom is -0.490 e. The van der Waals surface area contributed by atoms with Crippen molar-refractivity contribution in [3.8, 4) is 17.1 Å². The number of aryl methyl sites for hydroxylation is 1. The Bertz CT molecular complexity index is 565. The van der Waals surface area contributed by atoms with Crippen LogP contribution in [0, 0.1) is 0 Å². The number of nitrogens with two attached hydrogens (primary N) is 1. The fraction of sp³-hybridized carbons (Fsp3) is 0.385. The molecule has 0 radical (unpaired) electrons. The standard InChI is InChI=1S/C13H15N3O2/c1-8-5-6-9-3-2-4-10(12(9)17-8)13-15-11(7-14)18-16-13/h2-4,8H,5-7,14H2,1H3. The molecule has 2 N–H and O–H groups in total. The summed E-state index contributed by atoms with van der Waals surface area (Å²) in [6.07, 6.45) is 2.28. The average molecular weight is 245 g/mol. The Hall–Kier alpha value is -1.88. The second kappa shape index (κ2) is 4.42. The first-order valence-corrected chi connectivity index (χ1v) is 6.09. The van der Waals surface area contributed by atoms with Crippen molar-refractivity contribution in [1.29, 1.82) is 0 Å². The van der Waals surface area contributed by atoms with Crippen LogP contribution in [0.5, 0.6) is 5.75 Å². The van der Waals surface area contributed by atoms with Gasteiger partial charge in [-0.05, 0) is 31.4 Å². The number of benzene rings is 1. The van der Waals surface area contributed by atoms with E-state index in [9.17, 15) is 0 Å². The van der Waals surface area contributed by atoms with Gasteiger partial charge in [0.2, 0.25) is 11.7 Å². The van der Waals surface area contributed by atoms with Gasteiger partial charge in [-0.1, -0.05) is 17.3 Å². The van der Waals surface area contributed by atoms with Crippen LogP contribution in [0.2, 0.25) is 0 Å². The van der Waals surface area contributed by atoms with Crippen LogP contribution in [0.15, 0.2) is 22.7 Å². The number of hydrogen-bond donors (Lipinski definition) is 1. The summed E-state index contributed by atoms with van der Waals surface area (Å²) < 4.78 is 11.0. The molecule has 0 spiro atoms. The normalized spacial score (nSPS) is 18.2. The minimum absolute atomic E-state index is 0.222. The third-order valence-corrected chi connectivity index (χ3v) is 3.12. The van der Waals surface area contributed by atoms with E-state index in [-0.39, 0.29) is 12.6 Å². The summed E-state index contributed by atoms with van der Waals surface area (Å²) in [5.74, 6) is 1.86. The molecular weight excluding hydrogens is 230 g/mol. The topological polar surface area (TPSA) is 74.2 Å². The Balaban J connectivity index is 2.06. The van der Waals surface area contributed by atoms with E-state index in [1.807, 2.05) is 12.1 Å². The van der Waals surface area contributed by atoms with E-state index >= 15 is 0 Å². The van der Waals surface area contributed by atoms with E-state index < -0.39 is 0 Å². The monoisotopic (exact) mass is 245 g/mol. The van der Waals surface area contributed by atoms with Gasteiger partial charge in [-0.25, -0.2) is 0 Å². The highest BCUT2D eigenvalue weighted by Gasteiger charge is 2.22. The molecule has 2 aromatic rings. The third-order valence-electron chi connectivity index (χ3n) is 3.12. The lowest BCUT2D eigenvalue weighted by Gasteiger charge is -2.24. The van der Waals surface area contributed by atoms with Crippen molar-refractivity contribution < 1.29 is 9.26 Å². The molecule has 18 heavy (non-hydrogen) atoms. The van der Waals surface area contributed by atoms with Gasteiger partial charge in [0.15, 0.2) is 0 Å². The summed E-state index contributed by atoms with van der Waals surface area (Å²) >= 11 is 0. The first-order chi connectivity index (χ1) is 8.78. The maximum absolute atomic E-state index is 5.91. The second-order valence-electron chi connectivity index (χ2n) is 4.48. The van der Waals surface area contributed by atoms with Crippen molar-refractivity contribution in [1.82, 2.24) is 10.1 Å². The number of para-hydroxylation sites is 1. The highest BCUT2D eigenvalue weighted by molar-refractivity contribution is 5.66. The fourth-order valence-corrected chi connectivity index (χ4v) is 2.16. The van der Waals surface area contributed by atoms with Crippen molar-refractivity contribution >= 4 is 0 Å². The molecule has 1 atom stereocenters. The SMILES string of the molecule is CC1CCc2cccc(-c3noc(CN)n3)c2O1. The number of aromatic nitrogens is 2. The zero-order valence-corrected chi connectivity index (χ0v) is 10.2. The van der Waals surface area contributed by atoms with E-state index in [1.54, 1.807) is 0 Å². The molecule has 5 heteroatoms. The highest BCUT2D eigenvalue weighted by Crippen LogP contribution is 2.36. The predicted octanol–water partition coefficient (Wildman–Crippen LogP) is 1.91. The molecular formula is C13H15N3O2. The molecule has 3 rings (SSSR count). The van der Waals surface area contributed by atoms with Gasteiger partial charge in [-0.15, -0.1) is 0 Å². The van der Waals surface area contributed by atoms with Crippen molar-refractivity contribution in [3.05, 3.63) is 29.7 Å². The maximum atomic E-state index is 5.91. The molecule has 0 saturated carbocycles. The molecule has 1 aliphatic heterocycles. The Kier molecular flexibility index (Phi) is 2.76. The van der Waals surface area contributed by atoms with Crippen LogP contribution in [0.3, 0.4) is 0 Å². The van der Waals surface area contributed by atoms with Crippen LogP contribution < -0.4 is 10.5 Å². The van der Waals surface area contributed by atoms with Crippen LogP contribution in [0.25, 0.3) is 11.4 Å². The van der Waals surface area contributed by atoms with E-state index in [0.717, 1.165) is 24.2 Å². The van der Waals surface area contributed by atoms with Crippen LogP contribution in [0.4, 0.5) is 0 Å². The van der Waals surface area contributed by atoms with E-state index in [1.165, 1.54) is 5.56 Å². The Labute approximate surface area is 105 Å². The molecule has 0 fully saturated rings. The second-order valence-corrected chi connectivity index (χ2v) is 4.48. The minimum atomic E-state index is 0.222. The predicted molar refractivity (Wildman–Crippen MR) is 66.0 cm³/mol. The molecule has 94 valence electrons. The maximum Gasteiger partial charge on any atom is 0.240 e. The van der Waals surface area contributed by atoms with Gasteiger partial charge in [-0.2, -0.15) is 4.98 Å². The smallest absolute Gasteiger partial charge is 0.240 e. The molecule has 0 aliphatic carbocycles. The first kappa shape index (κ1) is 11.2. The molecule has 5 nitrogen and oxygen atoms in total. The molecule has 0 bridgehead atoms. The summed E-state index contributed by atoms with van der Waals surface area (Å²) in [7, 11) is 0. The lowest BCUT2D eigenvalue weighted by atomic mass is 9.99. The highest BCUT2D eigenvalue weighted by atomic mass is 16.5. The van der Waals surface area contributed by atoms with Gasteiger partial charge in [0.25, 0.3) is 0 Å². The van der Waals surface area contributed by atoms with Crippen molar-refractivity contribution in [3.63, 3.8) is 0 Å². The lowest BCUT2D eigenvalue weighted by Crippen LogP contribution is -2.19. The van der Waals surface area contributed by atoms with Gasteiger partial charge in [0, 0.05) is 0 Å². The van der Waals surface area contributed by atoms with Gasteiger partial charge in [0.05, 0.1) is 18.2 Å². The molecule has 1 aromatic heterocycles. The molecule has 1 unspecified atom stereocenters. The lowest BCUT2D eigenvalue weighted by molar-refractivity contribution is 0.193. The van der Waals surface area contributed by atoms with Crippen LogP contribution in [-0.4, -0.2) is 16.2 Å². The van der Waals surface area contributed by atoms with Gasteiger partial charge < -0.3 is 15.0 Å². The Morgan fingerprint density at radius 1 is 1.44 bits per heavy atom. The molecule has 0 saturated heterocycles. The quantitative estimate of drug-likeness (QED) is 0.874. The number of nitrogens with zero attached hydrogens (tertiary/aromatic N) is 2. The number of hydrogen-bond acceptors (Lipinski definition) is 5. The molecule has 1 aliphatic rings. The van der Waals surface area contributed by atoms with Crippen molar-refractivity contribution in [2.75, 3.05) is 0 Å². The van der Waals surface area contributed by atoms with Crippen LogP contribution >= 0.6 is 0 Å². The number of rotatable bonds is 2. The zero-order valence-electron chi connectivity index (χ0n) is 10.2. The van der Waals surface area contributed by atoms with Crippen molar-refractivity contribution in [2.24, 2.45) is 5.73 Å². The average Bonchev–Trinajstić information content (AvgIpc) is 2.86. The van der Waals surface area contributed by atoms with Gasteiger partial charge >= 0.3 is 0 Å². The number of fused-ring (bicyclic) bond motifs is 1. The zero-order chi connectivity index (χ0) is 12.5. The van der Waals surface area contributed by atoms with E-state index in [4.69, 9.17) is 15.0 Å². The summed E-state index contributed by atoms with van der Waals surface area (Å²) in [5, 5.41) is 3.94. The van der Waals surface area contributed by atoms with E-state index in [0.29, 0.717) is 11.7 Å². The largest absolute Gasteiger partial charge is 0.490 e. The third kappa shape index (κ3) is 1.86. The summed E-state index contributed by atoms with van der Waals surface area (Å²) in [4.78, 5) is 4.25. The van der Waals surface area contributed by atoms with Gasteiger partial charge in [-0.3, -0.25) is 0 Å². The first-order valence-electron chi connectivity index (χ1n) is 6.09. The molecule has 2 heterocycles. The van der Waals surface area contributed by atoms with Crippen LogP contribution in [0.1, 0.15) is 24.8 Å². The Morgan fingerprint density at radius 3 is 3.11 bits per heavy atom. The van der Waals surface area contributed by atoms with E-state index in [2.05, 4.69) is 23.1 Å². The number of ether oxygens (including phenoxy) is 1. The summed E-state index contributed by atoms with van der Waals surface area (Å²) in [6, 6.07) is 6.02. The van der Waals surface area contributed by atoms with Crippen molar-refractivity contribution in [2.45, 2.75) is 32.4 Å². The van der Waals surface area contributed by atoms with Crippen LogP contribution in [-0.2, 0) is 13.0 Å². The molecule has 1 aromatic carbocycles. The molecule has 0 amide bonds. The van der Waals surface area contributed by atoms with Gasteiger partial charge in [0.1, 0.15) is 5.75 Å². The summed E-state index contributed by atoms with van der Waals surface area (Å²) in [6.45, 7) is 2.32. The summed E-state index contributed by atoms with van der Waals surface area (Å²) in [5.41, 5.74) is 7.55.